The molecule has 0 aromatic carbocycles. The molecule has 1 unspecified atom stereocenters. The largest absolute Gasteiger partial charge is 0.481 e. The van der Waals surface area contributed by atoms with E-state index >= 15 is 0 Å². The van der Waals surface area contributed by atoms with Gasteiger partial charge in [-0.2, -0.15) is 0 Å². The highest BCUT2D eigenvalue weighted by atomic mass is 32.2. The van der Waals surface area contributed by atoms with Crippen LogP contribution < -0.4 is 0 Å². The molecule has 21 heavy (non-hydrogen) atoms. The minimum atomic E-state index is -0.818. The van der Waals surface area contributed by atoms with Gasteiger partial charge in [0, 0.05) is 28.4 Å². The molecule has 0 heterocycles. The third kappa shape index (κ3) is 17.0. The highest BCUT2D eigenvalue weighted by Gasteiger charge is 1.95. The third-order valence-corrected chi connectivity index (χ3v) is 4.34. The smallest absolute Gasteiger partial charge is 0.303 e. The number of allylic oxidation sites excluding steroid dienone is 3. The summed E-state index contributed by atoms with van der Waals surface area (Å²) in [6.07, 6.45) is 15.8. The lowest BCUT2D eigenvalue weighted by atomic mass is 10.1. The van der Waals surface area contributed by atoms with E-state index in [1.54, 1.807) is 5.41 Å². The van der Waals surface area contributed by atoms with Crippen molar-refractivity contribution in [1.29, 1.82) is 0 Å². The molecule has 0 saturated carbocycles. The molecule has 0 aromatic heterocycles. The first kappa shape index (κ1) is 20.1. The van der Waals surface area contributed by atoms with Gasteiger partial charge in [-0.3, -0.25) is 9.00 Å². The summed E-state index contributed by atoms with van der Waals surface area (Å²) in [7, 11) is -0.818. The van der Waals surface area contributed by atoms with E-state index in [4.69, 9.17) is 5.11 Å². The molecule has 0 aliphatic rings. The van der Waals surface area contributed by atoms with Crippen molar-refractivity contribution in [3.63, 3.8) is 0 Å². The molecular weight excluding hydrogens is 284 g/mol. The van der Waals surface area contributed by atoms with E-state index < -0.39 is 16.8 Å². The monoisotopic (exact) mass is 314 g/mol. The second-order valence-electron chi connectivity index (χ2n) is 5.25. The summed E-state index contributed by atoms with van der Waals surface area (Å²) in [4.78, 5) is 10.3. The first-order chi connectivity index (χ1) is 10.2. The fourth-order valence-electron chi connectivity index (χ4n) is 1.94. The van der Waals surface area contributed by atoms with Crippen molar-refractivity contribution in [2.75, 3.05) is 5.75 Å². The summed E-state index contributed by atoms with van der Waals surface area (Å²) in [5, 5.41) is 10.3. The summed E-state index contributed by atoms with van der Waals surface area (Å²) in [5.41, 5.74) is 0. The van der Waals surface area contributed by atoms with Crippen LogP contribution in [0.15, 0.2) is 23.6 Å². The average molecular weight is 314 g/mol. The van der Waals surface area contributed by atoms with E-state index in [1.807, 2.05) is 12.2 Å². The molecule has 0 radical (unpaired) electrons. The van der Waals surface area contributed by atoms with Crippen molar-refractivity contribution in [1.82, 2.24) is 0 Å². The zero-order valence-electron chi connectivity index (χ0n) is 13.3. The number of carbonyl (C=O) groups is 1. The molecule has 0 rings (SSSR count). The number of carboxylic acid groups (broad SMARTS) is 1. The quantitative estimate of drug-likeness (QED) is 0.370. The van der Waals surface area contributed by atoms with Crippen LogP contribution in [-0.4, -0.2) is 21.0 Å². The highest BCUT2D eigenvalue weighted by molar-refractivity contribution is 7.87. The van der Waals surface area contributed by atoms with Crippen LogP contribution >= 0.6 is 0 Å². The first-order valence-electron chi connectivity index (χ1n) is 8.09. The van der Waals surface area contributed by atoms with Gasteiger partial charge < -0.3 is 5.11 Å². The van der Waals surface area contributed by atoms with E-state index in [0.29, 0.717) is 6.42 Å². The summed E-state index contributed by atoms with van der Waals surface area (Å²) in [6, 6.07) is 0. The normalized spacial score (nSPS) is 13.2. The number of hydrogen-bond donors (Lipinski definition) is 1. The van der Waals surface area contributed by atoms with Crippen molar-refractivity contribution < 1.29 is 14.1 Å². The molecular formula is C17H30O3S. The Morgan fingerprint density at radius 1 is 1.00 bits per heavy atom. The summed E-state index contributed by atoms with van der Waals surface area (Å²) < 4.78 is 11.6. The summed E-state index contributed by atoms with van der Waals surface area (Å²) in [6.45, 7) is 2.15. The SMILES string of the molecule is CCCCCS(=O)/C=C/C=C/CCCCCCCC(=O)O. The van der Waals surface area contributed by atoms with Crippen molar-refractivity contribution >= 4 is 16.8 Å². The molecule has 0 aliphatic carbocycles. The van der Waals surface area contributed by atoms with E-state index in [1.165, 1.54) is 0 Å². The van der Waals surface area contributed by atoms with E-state index in [9.17, 15) is 9.00 Å². The van der Waals surface area contributed by atoms with E-state index in [2.05, 4.69) is 13.0 Å². The minimum absolute atomic E-state index is 0.292. The van der Waals surface area contributed by atoms with Crippen LogP contribution in [0.3, 0.4) is 0 Å². The molecule has 0 amide bonds. The Hall–Kier alpha value is -0.900. The molecule has 0 bridgehead atoms. The van der Waals surface area contributed by atoms with Gasteiger partial charge in [-0.05, 0) is 25.7 Å². The number of hydrogen-bond acceptors (Lipinski definition) is 2. The molecule has 1 atom stereocenters. The van der Waals surface area contributed by atoms with Gasteiger partial charge in [0.1, 0.15) is 0 Å². The zero-order chi connectivity index (χ0) is 15.8. The van der Waals surface area contributed by atoms with Gasteiger partial charge in [-0.1, -0.05) is 57.3 Å². The standard InChI is InChI=1S/C17H30O3S/c1-2-3-12-15-21(20)16-13-10-8-6-4-5-7-9-11-14-17(18)19/h8,10,13,16H,2-7,9,11-12,14-15H2,1H3,(H,18,19)/b10-8+,16-13+. The zero-order valence-corrected chi connectivity index (χ0v) is 14.1. The second kappa shape index (κ2) is 15.5. The van der Waals surface area contributed by atoms with Crippen molar-refractivity contribution in [2.45, 2.75) is 71.1 Å². The van der Waals surface area contributed by atoms with Crippen LogP contribution in [0.1, 0.15) is 71.1 Å². The Bertz CT molecular complexity index is 335. The molecule has 0 spiro atoms. The van der Waals surface area contributed by atoms with Crippen molar-refractivity contribution in [3.05, 3.63) is 23.6 Å². The lowest BCUT2D eigenvalue weighted by molar-refractivity contribution is -0.137. The van der Waals surface area contributed by atoms with Crippen LogP contribution in [0.2, 0.25) is 0 Å². The van der Waals surface area contributed by atoms with Crippen LogP contribution in [0.5, 0.6) is 0 Å². The maximum atomic E-state index is 11.6. The van der Waals surface area contributed by atoms with Gasteiger partial charge in [0.05, 0.1) is 0 Å². The fourth-order valence-corrected chi connectivity index (χ4v) is 2.83. The van der Waals surface area contributed by atoms with Gasteiger partial charge in [-0.15, -0.1) is 0 Å². The van der Waals surface area contributed by atoms with Crippen LogP contribution in [0.25, 0.3) is 0 Å². The Morgan fingerprint density at radius 3 is 2.43 bits per heavy atom. The molecule has 1 N–H and O–H groups in total. The lowest BCUT2D eigenvalue weighted by Gasteiger charge is -1.97. The van der Waals surface area contributed by atoms with Gasteiger partial charge in [0.15, 0.2) is 0 Å². The Kier molecular flexibility index (Phi) is 14.8. The maximum absolute atomic E-state index is 11.6. The molecule has 0 fully saturated rings. The van der Waals surface area contributed by atoms with Crippen molar-refractivity contribution in [2.24, 2.45) is 0 Å². The van der Waals surface area contributed by atoms with Gasteiger partial charge in [0.2, 0.25) is 0 Å². The van der Waals surface area contributed by atoms with Crippen molar-refractivity contribution in [3.8, 4) is 0 Å². The fraction of sp³-hybridized carbons (Fsp3) is 0.706. The highest BCUT2D eigenvalue weighted by Crippen LogP contribution is 2.07. The Labute approximate surface area is 132 Å². The average Bonchev–Trinajstić information content (AvgIpc) is 2.44. The summed E-state index contributed by atoms with van der Waals surface area (Å²) >= 11 is 0. The molecule has 0 saturated heterocycles. The summed E-state index contributed by atoms with van der Waals surface area (Å²) in [5.74, 6) is 0.0749. The van der Waals surface area contributed by atoms with E-state index in [0.717, 1.165) is 63.5 Å². The number of aliphatic carboxylic acids is 1. The van der Waals surface area contributed by atoms with E-state index in [-0.39, 0.29) is 0 Å². The maximum Gasteiger partial charge on any atom is 0.303 e. The molecule has 122 valence electrons. The van der Waals surface area contributed by atoms with Crippen LogP contribution in [-0.2, 0) is 15.6 Å². The lowest BCUT2D eigenvalue weighted by Crippen LogP contribution is -1.93. The number of unbranched alkanes of at least 4 members (excludes halogenated alkanes) is 7. The second-order valence-corrected chi connectivity index (χ2v) is 6.69. The Morgan fingerprint density at radius 2 is 1.71 bits per heavy atom. The van der Waals surface area contributed by atoms with Gasteiger partial charge in [0.25, 0.3) is 0 Å². The molecule has 0 aliphatic heterocycles. The molecule has 0 aromatic rings. The molecule has 3 nitrogen and oxygen atoms in total. The third-order valence-electron chi connectivity index (χ3n) is 3.19. The topological polar surface area (TPSA) is 54.4 Å². The van der Waals surface area contributed by atoms with Gasteiger partial charge >= 0.3 is 5.97 Å². The van der Waals surface area contributed by atoms with Crippen LogP contribution in [0.4, 0.5) is 0 Å². The first-order valence-corrected chi connectivity index (χ1v) is 9.47. The van der Waals surface area contributed by atoms with Gasteiger partial charge in [-0.25, -0.2) is 0 Å². The Balaban J connectivity index is 3.39. The minimum Gasteiger partial charge on any atom is -0.481 e. The predicted octanol–water partition coefficient (Wildman–Crippen LogP) is 4.81. The molecule has 4 heteroatoms. The number of carboxylic acids is 1. The van der Waals surface area contributed by atoms with Crippen LogP contribution in [0, 0.1) is 0 Å². The number of rotatable bonds is 14. The predicted molar refractivity (Wildman–Crippen MR) is 90.8 cm³/mol.